The van der Waals surface area contributed by atoms with Gasteiger partial charge in [0, 0.05) is 19.2 Å². The molecule has 1 aromatic heterocycles. The fourth-order valence-corrected chi connectivity index (χ4v) is 2.13. The Bertz CT molecular complexity index is 431. The van der Waals surface area contributed by atoms with Crippen LogP contribution >= 0.6 is 0 Å². The number of hydrogen-bond donors (Lipinski definition) is 1. The predicted octanol–water partition coefficient (Wildman–Crippen LogP) is 2.06. The average Bonchev–Trinajstić information content (AvgIpc) is 2.80. The summed E-state index contributed by atoms with van der Waals surface area (Å²) in [5.41, 5.74) is 0. The summed E-state index contributed by atoms with van der Waals surface area (Å²) in [6, 6.07) is 2.35. The second-order valence-electron chi connectivity index (χ2n) is 4.44. The number of nitrogens with zero attached hydrogens (tertiary/aromatic N) is 4. The lowest BCUT2D eigenvalue weighted by Crippen LogP contribution is -2.17. The van der Waals surface area contributed by atoms with E-state index in [1.54, 1.807) is 7.05 Å². The molecule has 0 saturated heterocycles. The van der Waals surface area contributed by atoms with Gasteiger partial charge in [-0.05, 0) is 19.8 Å². The highest BCUT2D eigenvalue weighted by Gasteiger charge is 2.16. The van der Waals surface area contributed by atoms with Crippen LogP contribution in [0.1, 0.15) is 31.5 Å². The van der Waals surface area contributed by atoms with Gasteiger partial charge >= 0.3 is 0 Å². The Morgan fingerprint density at radius 1 is 1.41 bits per heavy atom. The van der Waals surface area contributed by atoms with Gasteiger partial charge in [-0.25, -0.2) is 9.97 Å². The summed E-state index contributed by atoms with van der Waals surface area (Å²) >= 11 is 0. The van der Waals surface area contributed by atoms with E-state index in [4.69, 9.17) is 5.26 Å². The molecule has 0 atom stereocenters. The van der Waals surface area contributed by atoms with E-state index in [0.717, 1.165) is 5.82 Å². The summed E-state index contributed by atoms with van der Waals surface area (Å²) in [7, 11) is 1.70. The third-order valence-electron chi connectivity index (χ3n) is 3.03. The maximum Gasteiger partial charge on any atom is 0.185 e. The van der Waals surface area contributed by atoms with Crippen molar-refractivity contribution in [1.82, 2.24) is 9.97 Å². The Hall–Kier alpha value is -1.83. The molecule has 0 amide bonds. The minimum Gasteiger partial charge on any atom is -0.367 e. The van der Waals surface area contributed by atoms with E-state index in [0.29, 0.717) is 17.7 Å². The van der Waals surface area contributed by atoms with Crippen LogP contribution in [0, 0.1) is 18.4 Å². The normalized spacial score (nSPS) is 15.6. The van der Waals surface area contributed by atoms with Crippen LogP contribution in [0.25, 0.3) is 0 Å². The van der Waals surface area contributed by atoms with Gasteiger partial charge in [-0.2, -0.15) is 5.26 Å². The van der Waals surface area contributed by atoms with Crippen molar-refractivity contribution in [3.63, 3.8) is 0 Å². The summed E-state index contributed by atoms with van der Waals surface area (Å²) in [5.74, 6) is 2.15. The van der Waals surface area contributed by atoms with E-state index in [1.807, 2.05) is 19.2 Å². The standard InChI is InChI=1S/C12H17N5/c1-9-14-11(16-10-5-3-4-6-10)7-12(15-9)17(2)8-13/h7,10H,3-6H2,1-2H3,(H,14,15,16). The van der Waals surface area contributed by atoms with Crippen LogP contribution in [0.3, 0.4) is 0 Å². The SMILES string of the molecule is Cc1nc(NC2CCCC2)cc(N(C)C#N)n1. The molecule has 5 nitrogen and oxygen atoms in total. The highest BCUT2D eigenvalue weighted by atomic mass is 15.2. The van der Waals surface area contributed by atoms with Crippen LogP contribution in [0.4, 0.5) is 11.6 Å². The van der Waals surface area contributed by atoms with Gasteiger partial charge in [0.15, 0.2) is 6.19 Å². The molecular formula is C12H17N5. The molecule has 2 rings (SSSR count). The second kappa shape index (κ2) is 5.00. The Morgan fingerprint density at radius 3 is 2.76 bits per heavy atom. The summed E-state index contributed by atoms with van der Waals surface area (Å²) < 4.78 is 0. The first-order valence-electron chi connectivity index (χ1n) is 5.94. The molecule has 0 aromatic carbocycles. The summed E-state index contributed by atoms with van der Waals surface area (Å²) in [6.07, 6.45) is 7.02. The minimum atomic E-state index is 0.518. The quantitative estimate of drug-likeness (QED) is 0.637. The number of nitrogens with one attached hydrogen (secondary N) is 1. The third kappa shape index (κ3) is 2.84. The molecular weight excluding hydrogens is 214 g/mol. The molecule has 1 saturated carbocycles. The number of hydrogen-bond acceptors (Lipinski definition) is 5. The topological polar surface area (TPSA) is 64.8 Å². The molecule has 0 radical (unpaired) electrons. The highest BCUT2D eigenvalue weighted by molar-refractivity contribution is 5.51. The zero-order chi connectivity index (χ0) is 12.3. The van der Waals surface area contributed by atoms with E-state index >= 15 is 0 Å². The predicted molar refractivity (Wildman–Crippen MR) is 66.7 cm³/mol. The Labute approximate surface area is 101 Å². The van der Waals surface area contributed by atoms with E-state index in [-0.39, 0.29) is 0 Å². The van der Waals surface area contributed by atoms with Gasteiger partial charge in [-0.1, -0.05) is 12.8 Å². The Kier molecular flexibility index (Phi) is 3.43. The van der Waals surface area contributed by atoms with Gasteiger partial charge in [-0.3, -0.25) is 4.90 Å². The van der Waals surface area contributed by atoms with Gasteiger partial charge in [0.25, 0.3) is 0 Å². The van der Waals surface area contributed by atoms with Crippen LogP contribution in [-0.2, 0) is 0 Å². The van der Waals surface area contributed by atoms with Crippen LogP contribution in [0.2, 0.25) is 0 Å². The maximum absolute atomic E-state index is 8.85. The molecule has 0 aliphatic heterocycles. The molecule has 1 aliphatic carbocycles. The average molecular weight is 231 g/mol. The Balaban J connectivity index is 2.16. The first-order valence-corrected chi connectivity index (χ1v) is 5.94. The van der Waals surface area contributed by atoms with E-state index in [2.05, 4.69) is 15.3 Å². The molecule has 1 N–H and O–H groups in total. The smallest absolute Gasteiger partial charge is 0.185 e. The number of aromatic nitrogens is 2. The van der Waals surface area contributed by atoms with E-state index < -0.39 is 0 Å². The lowest BCUT2D eigenvalue weighted by atomic mass is 10.2. The molecule has 5 heteroatoms. The number of rotatable bonds is 3. The maximum atomic E-state index is 8.85. The first kappa shape index (κ1) is 11.6. The molecule has 1 heterocycles. The van der Waals surface area contributed by atoms with Gasteiger partial charge in [0.2, 0.25) is 0 Å². The Morgan fingerprint density at radius 2 is 2.12 bits per heavy atom. The summed E-state index contributed by atoms with van der Waals surface area (Å²) in [4.78, 5) is 10.0. The zero-order valence-corrected chi connectivity index (χ0v) is 10.3. The van der Waals surface area contributed by atoms with E-state index in [1.165, 1.54) is 30.6 Å². The second-order valence-corrected chi connectivity index (χ2v) is 4.44. The largest absolute Gasteiger partial charge is 0.367 e. The highest BCUT2D eigenvalue weighted by Crippen LogP contribution is 2.22. The van der Waals surface area contributed by atoms with Gasteiger partial charge in [-0.15, -0.1) is 0 Å². The summed E-state index contributed by atoms with van der Waals surface area (Å²) in [6.45, 7) is 1.84. The summed E-state index contributed by atoms with van der Waals surface area (Å²) in [5, 5.41) is 12.3. The van der Waals surface area contributed by atoms with Crippen molar-refractivity contribution in [2.75, 3.05) is 17.3 Å². The van der Waals surface area contributed by atoms with Gasteiger partial charge < -0.3 is 5.32 Å². The van der Waals surface area contributed by atoms with Crippen LogP contribution in [-0.4, -0.2) is 23.1 Å². The first-order chi connectivity index (χ1) is 8.19. The van der Waals surface area contributed by atoms with Gasteiger partial charge in [0.05, 0.1) is 0 Å². The number of anilines is 2. The fourth-order valence-electron chi connectivity index (χ4n) is 2.13. The molecule has 90 valence electrons. The van der Waals surface area contributed by atoms with Gasteiger partial charge in [0.1, 0.15) is 17.5 Å². The monoisotopic (exact) mass is 231 g/mol. The zero-order valence-electron chi connectivity index (χ0n) is 10.3. The minimum absolute atomic E-state index is 0.518. The van der Waals surface area contributed by atoms with Crippen molar-refractivity contribution in [1.29, 1.82) is 5.26 Å². The van der Waals surface area contributed by atoms with Crippen LogP contribution in [0.15, 0.2) is 6.07 Å². The third-order valence-corrected chi connectivity index (χ3v) is 3.03. The molecule has 17 heavy (non-hydrogen) atoms. The van der Waals surface area contributed by atoms with E-state index in [9.17, 15) is 0 Å². The number of nitriles is 1. The fraction of sp³-hybridized carbons (Fsp3) is 0.583. The molecule has 1 fully saturated rings. The lowest BCUT2D eigenvalue weighted by Gasteiger charge is -2.15. The van der Waals surface area contributed by atoms with Crippen molar-refractivity contribution in [2.45, 2.75) is 38.6 Å². The molecule has 0 spiro atoms. The van der Waals surface area contributed by atoms with Crippen molar-refractivity contribution >= 4 is 11.6 Å². The number of aryl methyl sites for hydroxylation is 1. The van der Waals surface area contributed by atoms with Crippen molar-refractivity contribution in [2.24, 2.45) is 0 Å². The molecule has 1 aliphatic rings. The van der Waals surface area contributed by atoms with Crippen LogP contribution in [0.5, 0.6) is 0 Å². The van der Waals surface area contributed by atoms with Crippen molar-refractivity contribution in [3.8, 4) is 6.19 Å². The molecule has 0 bridgehead atoms. The molecule has 0 unspecified atom stereocenters. The lowest BCUT2D eigenvalue weighted by molar-refractivity contribution is 0.748. The van der Waals surface area contributed by atoms with Crippen molar-refractivity contribution in [3.05, 3.63) is 11.9 Å². The molecule has 1 aromatic rings. The van der Waals surface area contributed by atoms with Crippen molar-refractivity contribution < 1.29 is 0 Å². The van der Waals surface area contributed by atoms with Crippen LogP contribution < -0.4 is 10.2 Å².